The van der Waals surface area contributed by atoms with Crippen molar-refractivity contribution in [2.75, 3.05) is 31.9 Å². The maximum atomic E-state index is 12.7. The lowest BCUT2D eigenvalue weighted by atomic mass is 9.87. The van der Waals surface area contributed by atoms with Gasteiger partial charge in [-0.25, -0.2) is 13.1 Å². The maximum absolute atomic E-state index is 12.7. The Hall–Kier alpha value is -1.19. The van der Waals surface area contributed by atoms with Crippen molar-refractivity contribution in [3.63, 3.8) is 0 Å². The molecule has 1 amide bonds. The summed E-state index contributed by atoms with van der Waals surface area (Å²) in [5.74, 6) is 0.170. The number of rotatable bonds is 17. The number of piperidine rings is 2. The Labute approximate surface area is 213 Å². The minimum absolute atomic E-state index is 0.0138. The zero-order chi connectivity index (χ0) is 25.5. The second-order valence-corrected chi connectivity index (χ2v) is 12.5. The summed E-state index contributed by atoms with van der Waals surface area (Å²) in [6.07, 6.45) is 14.2. The number of nitrogens with one attached hydrogen (secondary N) is 2. The molecule has 2 fully saturated rings. The lowest BCUT2D eigenvalue weighted by Gasteiger charge is -2.32. The first-order chi connectivity index (χ1) is 16.8. The molecule has 1 atom stereocenters. The fourth-order valence-electron chi connectivity index (χ4n) is 5.34. The number of hydrogen-bond donors (Lipinski definition) is 3. The molecule has 9 heteroatoms. The van der Waals surface area contributed by atoms with Gasteiger partial charge in [-0.2, -0.15) is 0 Å². The molecule has 3 N–H and O–H groups in total. The van der Waals surface area contributed by atoms with Gasteiger partial charge in [-0.05, 0) is 63.5 Å². The molecular formula is C26H49N3O5S. The number of amides is 1. The van der Waals surface area contributed by atoms with Crippen molar-refractivity contribution >= 4 is 21.9 Å². The van der Waals surface area contributed by atoms with Crippen LogP contribution < -0.4 is 10.0 Å². The smallest absolute Gasteiger partial charge is 0.321 e. The third kappa shape index (κ3) is 12.6. The Morgan fingerprint density at radius 3 is 2.17 bits per heavy atom. The first-order valence-corrected chi connectivity index (χ1v) is 15.7. The predicted octanol–water partition coefficient (Wildman–Crippen LogP) is 3.91. The van der Waals surface area contributed by atoms with E-state index in [9.17, 15) is 23.1 Å². The van der Waals surface area contributed by atoms with Gasteiger partial charge in [0.15, 0.2) is 0 Å². The van der Waals surface area contributed by atoms with Crippen LogP contribution >= 0.6 is 0 Å². The highest BCUT2D eigenvalue weighted by molar-refractivity contribution is 7.89. The minimum Gasteiger partial charge on any atom is -0.480 e. The number of carboxylic acids is 1. The summed E-state index contributed by atoms with van der Waals surface area (Å²) < 4.78 is 27.0. The van der Waals surface area contributed by atoms with Gasteiger partial charge in [0.1, 0.15) is 6.04 Å². The number of hydrogen-bond acceptors (Lipinski definition) is 5. The fourth-order valence-corrected chi connectivity index (χ4v) is 6.70. The highest BCUT2D eigenvalue weighted by Crippen LogP contribution is 2.26. The molecule has 0 saturated carbocycles. The van der Waals surface area contributed by atoms with Crippen molar-refractivity contribution in [1.29, 1.82) is 0 Å². The summed E-state index contributed by atoms with van der Waals surface area (Å²) in [6.45, 7) is 5.87. The van der Waals surface area contributed by atoms with Gasteiger partial charge in [0.05, 0.1) is 5.75 Å². The van der Waals surface area contributed by atoms with E-state index in [1.807, 2.05) is 4.90 Å². The lowest BCUT2D eigenvalue weighted by Crippen LogP contribution is -2.43. The third-order valence-electron chi connectivity index (χ3n) is 7.68. The van der Waals surface area contributed by atoms with E-state index in [-0.39, 0.29) is 24.5 Å². The van der Waals surface area contributed by atoms with Crippen LogP contribution in [-0.2, 0) is 19.6 Å². The van der Waals surface area contributed by atoms with Crippen LogP contribution in [0.25, 0.3) is 0 Å². The molecule has 0 aromatic heterocycles. The summed E-state index contributed by atoms with van der Waals surface area (Å²) in [4.78, 5) is 26.1. The zero-order valence-corrected chi connectivity index (χ0v) is 22.6. The predicted molar refractivity (Wildman–Crippen MR) is 140 cm³/mol. The molecule has 2 heterocycles. The Bertz CT molecular complexity index is 716. The molecule has 204 valence electrons. The number of carbonyl (C=O) groups is 2. The second-order valence-electron chi connectivity index (χ2n) is 10.6. The molecule has 0 bridgehead atoms. The van der Waals surface area contributed by atoms with Gasteiger partial charge in [0.25, 0.3) is 0 Å². The molecule has 2 aliphatic heterocycles. The molecule has 0 aromatic carbocycles. The van der Waals surface area contributed by atoms with E-state index in [0.29, 0.717) is 12.3 Å². The topological polar surface area (TPSA) is 116 Å². The van der Waals surface area contributed by atoms with Gasteiger partial charge >= 0.3 is 5.97 Å². The van der Waals surface area contributed by atoms with Crippen molar-refractivity contribution in [3.05, 3.63) is 0 Å². The van der Waals surface area contributed by atoms with Crippen LogP contribution in [0.1, 0.15) is 103 Å². The van der Waals surface area contributed by atoms with Gasteiger partial charge in [-0.3, -0.25) is 9.59 Å². The van der Waals surface area contributed by atoms with Gasteiger partial charge in [-0.1, -0.05) is 58.3 Å². The molecule has 0 unspecified atom stereocenters. The molecule has 2 rings (SSSR count). The van der Waals surface area contributed by atoms with E-state index >= 15 is 0 Å². The van der Waals surface area contributed by atoms with Crippen LogP contribution in [0.5, 0.6) is 0 Å². The van der Waals surface area contributed by atoms with Crippen molar-refractivity contribution in [2.24, 2.45) is 11.8 Å². The van der Waals surface area contributed by atoms with Crippen molar-refractivity contribution in [2.45, 2.75) is 109 Å². The monoisotopic (exact) mass is 515 g/mol. The molecule has 0 spiro atoms. The largest absolute Gasteiger partial charge is 0.480 e. The van der Waals surface area contributed by atoms with Gasteiger partial charge in [0, 0.05) is 19.5 Å². The maximum Gasteiger partial charge on any atom is 0.321 e. The highest BCUT2D eigenvalue weighted by atomic mass is 32.2. The van der Waals surface area contributed by atoms with Crippen LogP contribution in [-0.4, -0.2) is 68.3 Å². The van der Waals surface area contributed by atoms with E-state index in [1.54, 1.807) is 0 Å². The van der Waals surface area contributed by atoms with Crippen LogP contribution in [0.15, 0.2) is 0 Å². The third-order valence-corrected chi connectivity index (χ3v) is 9.15. The van der Waals surface area contributed by atoms with E-state index in [1.165, 1.54) is 32.1 Å². The summed E-state index contributed by atoms with van der Waals surface area (Å²) in [5.41, 5.74) is 0. The standard InChI is InChI=1S/C26H49N3O5S/c1-2-3-4-5-6-7-21-35(33,34)28-24(26(31)32)11-12-25(30)29-19-15-23(16-20-29)10-8-9-22-13-17-27-18-14-22/h22-24,27-28H,2-21H2,1H3,(H,31,32)/t24-/m0/s1. The molecule has 8 nitrogen and oxygen atoms in total. The first-order valence-electron chi connectivity index (χ1n) is 14.0. The summed E-state index contributed by atoms with van der Waals surface area (Å²) in [7, 11) is -3.68. The zero-order valence-electron chi connectivity index (χ0n) is 21.8. The molecule has 2 aliphatic rings. The summed E-state index contributed by atoms with van der Waals surface area (Å²) in [5, 5.41) is 12.9. The average molecular weight is 516 g/mol. The van der Waals surface area contributed by atoms with Crippen LogP contribution in [0.4, 0.5) is 0 Å². The Balaban J connectivity index is 1.64. The van der Waals surface area contributed by atoms with Crippen LogP contribution in [0.2, 0.25) is 0 Å². The number of likely N-dealkylation sites (tertiary alicyclic amines) is 1. The number of nitrogens with zero attached hydrogens (tertiary/aromatic N) is 1. The van der Waals surface area contributed by atoms with E-state index < -0.39 is 22.0 Å². The Morgan fingerprint density at radius 2 is 1.54 bits per heavy atom. The van der Waals surface area contributed by atoms with Gasteiger partial charge in [-0.15, -0.1) is 0 Å². The van der Waals surface area contributed by atoms with Crippen molar-refractivity contribution in [3.8, 4) is 0 Å². The Kier molecular flexibility index (Phi) is 14.2. The van der Waals surface area contributed by atoms with Crippen molar-refractivity contribution < 1.29 is 23.1 Å². The number of unbranched alkanes of at least 4 members (excludes halogenated alkanes) is 5. The molecule has 0 aliphatic carbocycles. The molecular weight excluding hydrogens is 466 g/mol. The van der Waals surface area contributed by atoms with Crippen molar-refractivity contribution in [1.82, 2.24) is 14.9 Å². The first kappa shape index (κ1) is 30.0. The molecule has 0 aromatic rings. The molecule has 35 heavy (non-hydrogen) atoms. The number of sulfonamides is 1. The van der Waals surface area contributed by atoms with E-state index in [4.69, 9.17) is 0 Å². The molecule has 2 saturated heterocycles. The van der Waals surface area contributed by atoms with Gasteiger partial charge in [0.2, 0.25) is 15.9 Å². The summed E-state index contributed by atoms with van der Waals surface area (Å²) in [6, 6.07) is -1.25. The quantitative estimate of drug-likeness (QED) is 0.253. The lowest BCUT2D eigenvalue weighted by molar-refractivity contribution is -0.139. The Morgan fingerprint density at radius 1 is 0.943 bits per heavy atom. The summed E-state index contributed by atoms with van der Waals surface area (Å²) >= 11 is 0. The number of aliphatic carboxylic acids is 1. The molecule has 0 radical (unpaired) electrons. The normalized spacial score (nSPS) is 19.1. The van der Waals surface area contributed by atoms with Crippen LogP contribution in [0, 0.1) is 11.8 Å². The van der Waals surface area contributed by atoms with Crippen LogP contribution in [0.3, 0.4) is 0 Å². The second kappa shape index (κ2) is 16.5. The average Bonchev–Trinajstić information content (AvgIpc) is 2.84. The highest BCUT2D eigenvalue weighted by Gasteiger charge is 2.27. The number of carboxylic acid groups (broad SMARTS) is 1. The van der Waals surface area contributed by atoms with E-state index in [2.05, 4.69) is 17.0 Å². The minimum atomic E-state index is -3.68. The van der Waals surface area contributed by atoms with Gasteiger partial charge < -0.3 is 15.3 Å². The fraction of sp³-hybridized carbons (Fsp3) is 0.923. The SMILES string of the molecule is CCCCCCCCS(=O)(=O)N[C@@H](CCC(=O)N1CCC(CCCC2CCNCC2)CC1)C(=O)O. The number of carbonyl (C=O) groups excluding carboxylic acids is 1. The van der Waals surface area contributed by atoms with E-state index in [0.717, 1.165) is 77.0 Å².